The highest BCUT2D eigenvalue weighted by atomic mass is 32.1. The Hall–Kier alpha value is -2.30. The summed E-state index contributed by atoms with van der Waals surface area (Å²) in [6.45, 7) is 3.03. The number of hydrogen-bond acceptors (Lipinski definition) is 3. The Morgan fingerprint density at radius 2 is 1.39 bits per heavy atom. The fourth-order valence-electron chi connectivity index (χ4n) is 3.36. The molecule has 1 aromatic carbocycles. The molecule has 4 aromatic rings. The highest BCUT2D eigenvalue weighted by molar-refractivity contribution is 7.14. The summed E-state index contributed by atoms with van der Waals surface area (Å²) in [6, 6.07) is 21.5. The smallest absolute Gasteiger partial charge is 0.119 e. The van der Waals surface area contributed by atoms with Crippen molar-refractivity contribution in [3.8, 4) is 32.6 Å². The third-order valence-electron chi connectivity index (χ3n) is 4.79. The van der Waals surface area contributed by atoms with Gasteiger partial charge in [-0.05, 0) is 65.7 Å². The molecule has 0 spiro atoms. The van der Waals surface area contributed by atoms with E-state index in [1.807, 2.05) is 0 Å². The minimum Gasteiger partial charge on any atom is -0.494 e. The van der Waals surface area contributed by atoms with E-state index in [-0.39, 0.29) is 0 Å². The van der Waals surface area contributed by atoms with Crippen LogP contribution in [0.15, 0.2) is 71.4 Å². The summed E-state index contributed by atoms with van der Waals surface area (Å²) in [6.07, 6.45) is 4.90. The van der Waals surface area contributed by atoms with Gasteiger partial charge in [0.25, 0.3) is 0 Å². The van der Waals surface area contributed by atoms with Crippen molar-refractivity contribution in [2.24, 2.45) is 0 Å². The molecule has 0 aliphatic heterocycles. The van der Waals surface area contributed by atoms with Gasteiger partial charge in [0.05, 0.1) is 27.7 Å². The minimum atomic E-state index is 0.795. The molecule has 0 fully saturated rings. The standard InChI is InChI=1S/C24H25NOS2/c1-2-3-4-5-16-26-20-12-10-19(11-13-20)25-21(23-8-6-17-27-23)14-15-22(25)24-9-7-18-28-24/h6-15,17-18H,2-5,16H2,1H3. The third kappa shape index (κ3) is 4.23. The lowest BCUT2D eigenvalue weighted by molar-refractivity contribution is 0.305. The van der Waals surface area contributed by atoms with Crippen molar-refractivity contribution in [3.63, 3.8) is 0 Å². The maximum Gasteiger partial charge on any atom is 0.119 e. The molecule has 144 valence electrons. The molecule has 0 bridgehead atoms. The van der Waals surface area contributed by atoms with Crippen LogP contribution in [0.4, 0.5) is 0 Å². The molecule has 0 saturated carbocycles. The van der Waals surface area contributed by atoms with Gasteiger partial charge in [0, 0.05) is 5.69 Å². The monoisotopic (exact) mass is 407 g/mol. The fourth-order valence-corrected chi connectivity index (χ4v) is 4.84. The first-order chi connectivity index (χ1) is 13.9. The SMILES string of the molecule is CCCCCCOc1ccc(-n2c(-c3cccs3)ccc2-c2cccs2)cc1. The topological polar surface area (TPSA) is 14.2 Å². The Balaban J connectivity index is 1.60. The molecule has 4 rings (SSSR count). The number of benzene rings is 1. The highest BCUT2D eigenvalue weighted by Crippen LogP contribution is 2.36. The van der Waals surface area contributed by atoms with Gasteiger partial charge in [-0.3, -0.25) is 0 Å². The summed E-state index contributed by atoms with van der Waals surface area (Å²) >= 11 is 3.55. The number of hydrogen-bond donors (Lipinski definition) is 0. The van der Waals surface area contributed by atoms with Crippen molar-refractivity contribution in [2.75, 3.05) is 6.61 Å². The molecule has 0 radical (unpaired) electrons. The van der Waals surface area contributed by atoms with Crippen molar-refractivity contribution in [1.29, 1.82) is 0 Å². The van der Waals surface area contributed by atoms with Gasteiger partial charge < -0.3 is 9.30 Å². The molecular formula is C24H25NOS2. The molecule has 0 atom stereocenters. The first kappa shape index (κ1) is 19.0. The van der Waals surface area contributed by atoms with Gasteiger partial charge in [-0.15, -0.1) is 22.7 Å². The highest BCUT2D eigenvalue weighted by Gasteiger charge is 2.15. The van der Waals surface area contributed by atoms with Gasteiger partial charge in [0.15, 0.2) is 0 Å². The summed E-state index contributed by atoms with van der Waals surface area (Å²) in [7, 11) is 0. The van der Waals surface area contributed by atoms with Crippen LogP contribution >= 0.6 is 22.7 Å². The normalized spacial score (nSPS) is 11.0. The van der Waals surface area contributed by atoms with Crippen LogP contribution < -0.4 is 4.74 Å². The van der Waals surface area contributed by atoms with Crippen LogP contribution in [-0.2, 0) is 0 Å². The van der Waals surface area contributed by atoms with Crippen LogP contribution in [0.5, 0.6) is 5.75 Å². The Morgan fingerprint density at radius 3 is 1.93 bits per heavy atom. The Morgan fingerprint density at radius 1 is 0.750 bits per heavy atom. The first-order valence-corrected chi connectivity index (χ1v) is 11.7. The lowest BCUT2D eigenvalue weighted by atomic mass is 10.2. The fraction of sp³-hybridized carbons (Fsp3) is 0.250. The second-order valence-corrected chi connectivity index (χ2v) is 8.69. The maximum atomic E-state index is 5.92. The number of thiophene rings is 2. The molecule has 0 aliphatic rings. The predicted molar refractivity (Wildman–Crippen MR) is 122 cm³/mol. The maximum absolute atomic E-state index is 5.92. The molecule has 0 amide bonds. The Bertz CT molecular complexity index is 915. The lowest BCUT2D eigenvalue weighted by Gasteiger charge is -2.13. The Labute approximate surface area is 175 Å². The van der Waals surface area contributed by atoms with E-state index in [1.165, 1.54) is 40.4 Å². The average Bonchev–Trinajstić information content (AvgIpc) is 3.48. The van der Waals surface area contributed by atoms with E-state index in [4.69, 9.17) is 4.74 Å². The van der Waals surface area contributed by atoms with Gasteiger partial charge in [-0.1, -0.05) is 38.3 Å². The number of ether oxygens (including phenoxy) is 1. The molecule has 28 heavy (non-hydrogen) atoms. The Kier molecular flexibility index (Phi) is 6.30. The largest absolute Gasteiger partial charge is 0.494 e. The molecule has 0 N–H and O–H groups in total. The molecule has 3 heterocycles. The number of nitrogens with zero attached hydrogens (tertiary/aromatic N) is 1. The van der Waals surface area contributed by atoms with Crippen LogP contribution in [0.25, 0.3) is 26.8 Å². The van der Waals surface area contributed by atoms with E-state index in [1.54, 1.807) is 22.7 Å². The second kappa shape index (κ2) is 9.26. The predicted octanol–water partition coefficient (Wildman–Crippen LogP) is 7.89. The van der Waals surface area contributed by atoms with E-state index >= 15 is 0 Å². The van der Waals surface area contributed by atoms with E-state index in [9.17, 15) is 0 Å². The van der Waals surface area contributed by atoms with Crippen LogP contribution in [0.3, 0.4) is 0 Å². The van der Waals surface area contributed by atoms with E-state index in [2.05, 4.69) is 82.9 Å². The first-order valence-electron chi connectivity index (χ1n) is 9.89. The lowest BCUT2D eigenvalue weighted by Crippen LogP contribution is -2.00. The number of rotatable bonds is 9. The molecule has 0 unspecified atom stereocenters. The third-order valence-corrected chi connectivity index (χ3v) is 6.57. The summed E-state index contributed by atoms with van der Waals surface area (Å²) in [5.41, 5.74) is 3.62. The van der Waals surface area contributed by atoms with Crippen molar-refractivity contribution in [3.05, 3.63) is 71.4 Å². The van der Waals surface area contributed by atoms with E-state index in [0.717, 1.165) is 24.5 Å². The molecule has 0 aliphatic carbocycles. The minimum absolute atomic E-state index is 0.795. The van der Waals surface area contributed by atoms with E-state index < -0.39 is 0 Å². The molecule has 4 heteroatoms. The van der Waals surface area contributed by atoms with Gasteiger partial charge in [0.1, 0.15) is 5.75 Å². The van der Waals surface area contributed by atoms with Gasteiger partial charge in [0.2, 0.25) is 0 Å². The summed E-state index contributed by atoms with van der Waals surface area (Å²) in [5, 5.41) is 4.26. The average molecular weight is 408 g/mol. The zero-order chi connectivity index (χ0) is 19.2. The van der Waals surface area contributed by atoms with Crippen LogP contribution in [0, 0.1) is 0 Å². The zero-order valence-electron chi connectivity index (χ0n) is 16.1. The van der Waals surface area contributed by atoms with Crippen molar-refractivity contribution in [1.82, 2.24) is 4.57 Å². The summed E-state index contributed by atoms with van der Waals surface area (Å²) in [4.78, 5) is 2.55. The summed E-state index contributed by atoms with van der Waals surface area (Å²) < 4.78 is 8.27. The van der Waals surface area contributed by atoms with Gasteiger partial charge >= 0.3 is 0 Å². The van der Waals surface area contributed by atoms with Crippen molar-refractivity contribution < 1.29 is 4.74 Å². The second-order valence-electron chi connectivity index (χ2n) is 6.80. The van der Waals surface area contributed by atoms with Crippen LogP contribution in [-0.4, -0.2) is 11.2 Å². The zero-order valence-corrected chi connectivity index (χ0v) is 17.8. The van der Waals surface area contributed by atoms with Gasteiger partial charge in [-0.25, -0.2) is 0 Å². The molecule has 2 nitrogen and oxygen atoms in total. The van der Waals surface area contributed by atoms with Crippen molar-refractivity contribution >= 4 is 22.7 Å². The molecule has 0 saturated heterocycles. The quantitative estimate of drug-likeness (QED) is 0.257. The van der Waals surface area contributed by atoms with E-state index in [0.29, 0.717) is 0 Å². The van der Waals surface area contributed by atoms with Crippen molar-refractivity contribution in [2.45, 2.75) is 32.6 Å². The van der Waals surface area contributed by atoms with Crippen LogP contribution in [0.1, 0.15) is 32.6 Å². The summed E-state index contributed by atoms with van der Waals surface area (Å²) in [5.74, 6) is 0.947. The molecular weight excluding hydrogens is 382 g/mol. The molecule has 3 aromatic heterocycles. The number of aromatic nitrogens is 1. The van der Waals surface area contributed by atoms with Crippen LogP contribution in [0.2, 0.25) is 0 Å². The number of unbranched alkanes of at least 4 members (excludes halogenated alkanes) is 3. The van der Waals surface area contributed by atoms with Gasteiger partial charge in [-0.2, -0.15) is 0 Å².